The zero-order valence-corrected chi connectivity index (χ0v) is 62.1. The molecule has 7 heteroatoms. The quantitative estimate of drug-likeness (QED) is 0.0661. The summed E-state index contributed by atoms with van der Waals surface area (Å²) in [5, 5.41) is 9.57. The summed E-state index contributed by atoms with van der Waals surface area (Å²) in [5.41, 5.74) is 22.2. The van der Waals surface area contributed by atoms with E-state index in [1.807, 2.05) is 0 Å². The van der Waals surface area contributed by atoms with E-state index in [1.54, 1.807) is 0 Å². The van der Waals surface area contributed by atoms with Gasteiger partial charge in [0.15, 0.2) is 0 Å². The summed E-state index contributed by atoms with van der Waals surface area (Å²) in [4.78, 5) is 16.5. The number of benzene rings is 19. The van der Waals surface area contributed by atoms with Crippen LogP contribution >= 0.6 is 0 Å². The van der Waals surface area contributed by atoms with Gasteiger partial charge in [0.25, 0.3) is 0 Å². The fourth-order valence-electron chi connectivity index (χ4n) is 16.1. The normalized spacial score (nSPS) is 11.2. The summed E-state index contributed by atoms with van der Waals surface area (Å²) in [7, 11) is 0. The van der Waals surface area contributed by atoms with E-state index in [-0.39, 0.29) is 0 Å². The van der Waals surface area contributed by atoms with E-state index >= 15 is 0 Å². The van der Waals surface area contributed by atoms with Gasteiger partial charge in [0.05, 0.1) is 11.4 Å². The third-order valence-electron chi connectivity index (χ3n) is 21.2. The highest BCUT2D eigenvalue weighted by molar-refractivity contribution is 6.16. The van der Waals surface area contributed by atoms with Gasteiger partial charge in [-0.25, -0.2) is 0 Å². The SMILES string of the molecule is c1ccc(N(c2ccc(N(c3ccccc3)c3ccc(N(c4ccccc4)c4ccc(N(c5ccccc5)c5c6ccccc6cc6ccccc56)cc4)cc3)cc2)c2ccc(N(c3ccccc3)c3ccc(N(c4ccccc4)c4ccc(N(c5ccccc5)c5c6ccccc6cc6ccccc56)cc4)cc3)cc2)cc1. The van der Waals surface area contributed by atoms with Crippen LogP contribution < -0.4 is 34.3 Å². The first-order valence-electron chi connectivity index (χ1n) is 38.5. The van der Waals surface area contributed by atoms with Crippen molar-refractivity contribution in [2.45, 2.75) is 0 Å². The van der Waals surface area contributed by atoms with Crippen molar-refractivity contribution in [1.82, 2.24) is 0 Å². The van der Waals surface area contributed by atoms with Crippen LogP contribution in [-0.4, -0.2) is 0 Å². The van der Waals surface area contributed by atoms with Gasteiger partial charge in [-0.1, -0.05) is 224 Å². The van der Waals surface area contributed by atoms with Gasteiger partial charge in [0.1, 0.15) is 0 Å². The second-order valence-corrected chi connectivity index (χ2v) is 28.1. The Labute approximate surface area is 659 Å². The van der Waals surface area contributed by atoms with Crippen LogP contribution in [0.1, 0.15) is 0 Å². The van der Waals surface area contributed by atoms with E-state index in [9.17, 15) is 0 Å². The Morgan fingerprint density at radius 3 is 0.372 bits per heavy atom. The van der Waals surface area contributed by atoms with Crippen molar-refractivity contribution >= 4 is 163 Å². The molecule has 536 valence electrons. The molecule has 0 aliphatic rings. The molecule has 7 nitrogen and oxygen atoms in total. The number of hydrogen-bond donors (Lipinski definition) is 0. The Morgan fingerprint density at radius 2 is 0.212 bits per heavy atom. The Kier molecular flexibility index (Phi) is 18.6. The Hall–Kier alpha value is -15.2. The molecule has 0 fully saturated rings. The molecule has 0 atom stereocenters. The number of rotatable bonds is 21. The van der Waals surface area contributed by atoms with Crippen LogP contribution in [0.2, 0.25) is 0 Å². The highest BCUT2D eigenvalue weighted by atomic mass is 15.2. The molecule has 0 saturated carbocycles. The maximum atomic E-state index is 2.41. The molecule has 19 aromatic rings. The van der Waals surface area contributed by atoms with Crippen molar-refractivity contribution in [2.24, 2.45) is 0 Å². The standard InChI is InChI=1S/C106H77N7/c1-8-34-82(35-9-1)107(89-52-56-91(57-53-89)108(83-36-10-2-11-37-83)93-60-64-95(65-61-93)110(85-40-14-4-15-41-85)97-68-72-99(73-69-97)112(87-44-18-6-19-45-87)105-101-48-26-22-30-78(101)76-79-31-23-27-49-102(79)105)90-54-58-92(59-55-90)109(84-38-12-3-13-39-84)94-62-66-96(67-63-94)111(86-42-16-5-17-43-86)98-70-74-100(75-71-98)113(88-46-20-7-21-47-88)106-103-50-28-24-32-80(103)77-81-33-25-29-51-104(81)106/h1-77H. The number of fused-ring (bicyclic) bond motifs is 4. The molecule has 0 aromatic heterocycles. The van der Waals surface area contributed by atoms with Crippen LogP contribution in [0.25, 0.3) is 43.1 Å². The summed E-state index contributed by atoms with van der Waals surface area (Å²) < 4.78 is 0. The Balaban J connectivity index is 0.620. The lowest BCUT2D eigenvalue weighted by Gasteiger charge is -2.31. The number of nitrogens with zero attached hydrogens (tertiary/aromatic N) is 7. The molecule has 0 radical (unpaired) electrons. The molecule has 0 unspecified atom stereocenters. The van der Waals surface area contributed by atoms with Crippen LogP contribution in [0.4, 0.5) is 119 Å². The summed E-state index contributed by atoms with van der Waals surface area (Å²) in [6.07, 6.45) is 0. The van der Waals surface area contributed by atoms with Crippen molar-refractivity contribution in [1.29, 1.82) is 0 Å². The minimum atomic E-state index is 1.03. The zero-order valence-electron chi connectivity index (χ0n) is 62.1. The summed E-state index contributed by atoms with van der Waals surface area (Å²) in [5.74, 6) is 0. The molecule has 19 rings (SSSR count). The first-order chi connectivity index (χ1) is 56.1. The van der Waals surface area contributed by atoms with Crippen molar-refractivity contribution in [2.75, 3.05) is 34.3 Å². The van der Waals surface area contributed by atoms with Crippen molar-refractivity contribution < 1.29 is 0 Å². The molecular weight excluding hydrogens is 1370 g/mol. The maximum absolute atomic E-state index is 2.41. The van der Waals surface area contributed by atoms with Crippen LogP contribution in [0.5, 0.6) is 0 Å². The molecule has 0 amide bonds. The lowest BCUT2D eigenvalue weighted by Crippen LogP contribution is -2.14. The average molecular weight is 1450 g/mol. The molecule has 0 N–H and O–H groups in total. The van der Waals surface area contributed by atoms with Gasteiger partial charge in [-0.3, -0.25) is 0 Å². The van der Waals surface area contributed by atoms with Gasteiger partial charge in [-0.15, -0.1) is 0 Å². The predicted octanol–water partition coefficient (Wildman–Crippen LogP) is 30.6. The third-order valence-corrected chi connectivity index (χ3v) is 21.2. The number of hydrogen-bond acceptors (Lipinski definition) is 7. The average Bonchev–Trinajstić information content (AvgIpc) is 0.752. The molecule has 0 aliphatic carbocycles. The van der Waals surface area contributed by atoms with Gasteiger partial charge in [0, 0.05) is 130 Å². The first-order valence-corrected chi connectivity index (χ1v) is 38.5. The third kappa shape index (κ3) is 13.6. The monoisotopic (exact) mass is 1450 g/mol. The highest BCUT2D eigenvalue weighted by Gasteiger charge is 2.25. The second kappa shape index (κ2) is 30.8. The Bertz CT molecular complexity index is 5960. The van der Waals surface area contributed by atoms with Gasteiger partial charge in [-0.05, 0) is 264 Å². The molecule has 0 heterocycles. The van der Waals surface area contributed by atoms with E-state index in [0.717, 1.165) is 119 Å². The lowest BCUT2D eigenvalue weighted by molar-refractivity contribution is 1.23. The van der Waals surface area contributed by atoms with Gasteiger partial charge >= 0.3 is 0 Å². The van der Waals surface area contributed by atoms with E-state index in [2.05, 4.69) is 501 Å². The molecule has 19 aromatic carbocycles. The molecular formula is C106H77N7. The van der Waals surface area contributed by atoms with Gasteiger partial charge < -0.3 is 34.3 Å². The van der Waals surface area contributed by atoms with Gasteiger partial charge in [-0.2, -0.15) is 0 Å². The van der Waals surface area contributed by atoms with Crippen molar-refractivity contribution in [3.05, 3.63) is 467 Å². The van der Waals surface area contributed by atoms with Crippen LogP contribution in [0.3, 0.4) is 0 Å². The zero-order chi connectivity index (χ0) is 75.2. The highest BCUT2D eigenvalue weighted by Crippen LogP contribution is 2.50. The van der Waals surface area contributed by atoms with Crippen LogP contribution in [0.15, 0.2) is 467 Å². The molecule has 0 bridgehead atoms. The summed E-state index contributed by atoms with van der Waals surface area (Å²) >= 11 is 0. The number of para-hydroxylation sites is 7. The fraction of sp³-hybridized carbons (Fsp3) is 0. The minimum absolute atomic E-state index is 1.03. The summed E-state index contributed by atoms with van der Waals surface area (Å²) in [6, 6.07) is 168. The van der Waals surface area contributed by atoms with Crippen LogP contribution in [-0.2, 0) is 0 Å². The Morgan fingerprint density at radius 1 is 0.0973 bits per heavy atom. The smallest absolute Gasteiger partial charge is 0.0618 e. The van der Waals surface area contributed by atoms with Crippen molar-refractivity contribution in [3.63, 3.8) is 0 Å². The number of anilines is 21. The maximum Gasteiger partial charge on any atom is 0.0618 e. The molecule has 0 saturated heterocycles. The minimum Gasteiger partial charge on any atom is -0.311 e. The van der Waals surface area contributed by atoms with Crippen molar-refractivity contribution in [3.8, 4) is 0 Å². The van der Waals surface area contributed by atoms with E-state index in [4.69, 9.17) is 0 Å². The topological polar surface area (TPSA) is 22.7 Å². The fourth-order valence-corrected chi connectivity index (χ4v) is 16.1. The molecule has 113 heavy (non-hydrogen) atoms. The van der Waals surface area contributed by atoms with Crippen LogP contribution in [0, 0.1) is 0 Å². The molecule has 0 spiro atoms. The van der Waals surface area contributed by atoms with E-state index in [1.165, 1.54) is 43.1 Å². The van der Waals surface area contributed by atoms with E-state index < -0.39 is 0 Å². The molecule has 0 aliphatic heterocycles. The predicted molar refractivity (Wildman–Crippen MR) is 479 cm³/mol. The summed E-state index contributed by atoms with van der Waals surface area (Å²) in [6.45, 7) is 0. The van der Waals surface area contributed by atoms with E-state index in [0.29, 0.717) is 0 Å². The first kappa shape index (κ1) is 68.4. The second-order valence-electron chi connectivity index (χ2n) is 28.1. The van der Waals surface area contributed by atoms with Gasteiger partial charge in [0.2, 0.25) is 0 Å². The largest absolute Gasteiger partial charge is 0.311 e. The lowest BCUT2D eigenvalue weighted by atomic mass is 9.99.